The van der Waals surface area contributed by atoms with Gasteiger partial charge in [0.05, 0.1) is 5.69 Å². The molecule has 0 aliphatic rings. The van der Waals surface area contributed by atoms with Crippen molar-refractivity contribution in [3.8, 4) is 0 Å². The van der Waals surface area contributed by atoms with Crippen LogP contribution in [0.4, 0.5) is 0 Å². The number of carbonyl (C=O) groups is 1. The van der Waals surface area contributed by atoms with Gasteiger partial charge in [0.2, 0.25) is 0 Å². The van der Waals surface area contributed by atoms with Crippen molar-refractivity contribution in [3.63, 3.8) is 0 Å². The molecular weight excluding hydrogens is 345 g/mol. The molecule has 0 unspecified atom stereocenters. The lowest BCUT2D eigenvalue weighted by Crippen LogP contribution is -1.79. The minimum absolute atomic E-state index is 0.647. The van der Waals surface area contributed by atoms with E-state index in [4.69, 9.17) is 0 Å². The zero-order valence-corrected chi connectivity index (χ0v) is 10.2. The van der Waals surface area contributed by atoms with Crippen LogP contribution < -0.4 is 0 Å². The smallest absolute Gasteiger partial charge is 0.167 e. The number of aromatic nitrogens is 1. The molecule has 0 spiro atoms. The SMILES string of the molecule is O=Cc1[nH]c2ccc(Br)cc2c1I. The van der Waals surface area contributed by atoms with Crippen LogP contribution in [-0.2, 0) is 0 Å². The molecule has 4 heteroatoms. The monoisotopic (exact) mass is 349 g/mol. The maximum absolute atomic E-state index is 10.6. The van der Waals surface area contributed by atoms with Gasteiger partial charge in [0.15, 0.2) is 6.29 Å². The molecule has 0 radical (unpaired) electrons. The van der Waals surface area contributed by atoms with Gasteiger partial charge >= 0.3 is 0 Å². The lowest BCUT2D eigenvalue weighted by molar-refractivity contribution is 0.111. The summed E-state index contributed by atoms with van der Waals surface area (Å²) in [6.07, 6.45) is 0.843. The molecule has 13 heavy (non-hydrogen) atoms. The minimum Gasteiger partial charge on any atom is -0.351 e. The summed E-state index contributed by atoms with van der Waals surface area (Å²) in [5.74, 6) is 0. The number of H-pyrrole nitrogens is 1. The van der Waals surface area contributed by atoms with Crippen LogP contribution >= 0.6 is 38.5 Å². The van der Waals surface area contributed by atoms with E-state index in [1.165, 1.54) is 0 Å². The molecule has 2 aromatic rings. The van der Waals surface area contributed by atoms with Crippen LogP contribution in [0.15, 0.2) is 22.7 Å². The van der Waals surface area contributed by atoms with Gasteiger partial charge < -0.3 is 4.98 Å². The molecular formula is C9H5BrINO. The van der Waals surface area contributed by atoms with E-state index < -0.39 is 0 Å². The lowest BCUT2D eigenvalue weighted by atomic mass is 10.2. The van der Waals surface area contributed by atoms with Crippen molar-refractivity contribution >= 4 is 55.7 Å². The van der Waals surface area contributed by atoms with Crippen LogP contribution in [0.5, 0.6) is 0 Å². The predicted molar refractivity (Wildman–Crippen MR) is 64.1 cm³/mol. The third-order valence-corrected chi connectivity index (χ3v) is 3.50. The molecule has 66 valence electrons. The average molecular weight is 350 g/mol. The summed E-state index contributed by atoms with van der Waals surface area (Å²) in [5.41, 5.74) is 1.64. The normalized spacial score (nSPS) is 10.6. The summed E-state index contributed by atoms with van der Waals surface area (Å²) >= 11 is 5.56. The minimum atomic E-state index is 0.647. The van der Waals surface area contributed by atoms with Crippen LogP contribution in [0.2, 0.25) is 0 Å². The van der Waals surface area contributed by atoms with Crippen LogP contribution in [0.3, 0.4) is 0 Å². The average Bonchev–Trinajstić information content (AvgIpc) is 2.44. The van der Waals surface area contributed by atoms with Crippen molar-refractivity contribution in [1.82, 2.24) is 4.98 Å². The van der Waals surface area contributed by atoms with E-state index in [9.17, 15) is 4.79 Å². The molecule has 0 bridgehead atoms. The Kier molecular flexibility index (Phi) is 2.42. The Morgan fingerprint density at radius 2 is 2.23 bits per heavy atom. The molecule has 0 aliphatic heterocycles. The fourth-order valence-corrected chi connectivity index (χ4v) is 2.30. The van der Waals surface area contributed by atoms with Crippen molar-refractivity contribution in [2.45, 2.75) is 0 Å². The fourth-order valence-electron chi connectivity index (χ4n) is 1.23. The zero-order chi connectivity index (χ0) is 9.42. The summed E-state index contributed by atoms with van der Waals surface area (Å²) < 4.78 is 2.00. The van der Waals surface area contributed by atoms with Gasteiger partial charge in [-0.3, -0.25) is 4.79 Å². The predicted octanol–water partition coefficient (Wildman–Crippen LogP) is 3.35. The number of rotatable bonds is 1. The third kappa shape index (κ3) is 1.52. The second kappa shape index (κ2) is 3.42. The Morgan fingerprint density at radius 3 is 2.92 bits per heavy atom. The maximum Gasteiger partial charge on any atom is 0.167 e. The van der Waals surface area contributed by atoms with E-state index in [1.807, 2.05) is 18.2 Å². The van der Waals surface area contributed by atoms with Crippen molar-refractivity contribution < 1.29 is 4.79 Å². The molecule has 0 fully saturated rings. The fraction of sp³-hybridized carbons (Fsp3) is 0. The van der Waals surface area contributed by atoms with Crippen LogP contribution in [0.25, 0.3) is 10.9 Å². The number of halogens is 2. The molecule has 1 aromatic heterocycles. The molecule has 2 rings (SSSR count). The van der Waals surface area contributed by atoms with Crippen LogP contribution in [-0.4, -0.2) is 11.3 Å². The van der Waals surface area contributed by atoms with Crippen LogP contribution in [0, 0.1) is 3.57 Å². The molecule has 1 N–H and O–H groups in total. The molecule has 0 saturated carbocycles. The molecule has 0 saturated heterocycles. The number of fused-ring (bicyclic) bond motifs is 1. The number of aromatic amines is 1. The van der Waals surface area contributed by atoms with E-state index in [-0.39, 0.29) is 0 Å². The van der Waals surface area contributed by atoms with E-state index in [1.54, 1.807) is 0 Å². The summed E-state index contributed by atoms with van der Waals surface area (Å²) in [5, 5.41) is 1.08. The van der Waals surface area contributed by atoms with E-state index in [0.717, 1.165) is 25.2 Å². The van der Waals surface area contributed by atoms with Gasteiger partial charge in [-0.2, -0.15) is 0 Å². The first-order valence-electron chi connectivity index (χ1n) is 3.64. The number of nitrogens with one attached hydrogen (secondary N) is 1. The van der Waals surface area contributed by atoms with E-state index >= 15 is 0 Å². The first kappa shape index (κ1) is 9.21. The number of carbonyl (C=O) groups excluding carboxylic acids is 1. The number of aldehydes is 1. The van der Waals surface area contributed by atoms with Gasteiger partial charge in [0, 0.05) is 18.9 Å². The van der Waals surface area contributed by atoms with Crippen molar-refractivity contribution in [3.05, 3.63) is 31.9 Å². The highest BCUT2D eigenvalue weighted by Gasteiger charge is 2.07. The Hall–Kier alpha value is -0.360. The standard InChI is InChI=1S/C9H5BrINO/c10-5-1-2-7-6(3-5)9(11)8(4-13)12-7/h1-4,12H. The maximum atomic E-state index is 10.6. The summed E-state index contributed by atoms with van der Waals surface area (Å²) in [6.45, 7) is 0. The largest absolute Gasteiger partial charge is 0.351 e. The second-order valence-corrected chi connectivity index (χ2v) is 4.65. The molecule has 2 nitrogen and oxygen atoms in total. The van der Waals surface area contributed by atoms with Gasteiger partial charge in [-0.1, -0.05) is 15.9 Å². The van der Waals surface area contributed by atoms with Gasteiger partial charge in [0.25, 0.3) is 0 Å². The Balaban J connectivity index is 2.84. The number of hydrogen-bond acceptors (Lipinski definition) is 1. The van der Waals surface area contributed by atoms with Crippen molar-refractivity contribution in [2.75, 3.05) is 0 Å². The Morgan fingerprint density at radius 1 is 1.46 bits per heavy atom. The van der Waals surface area contributed by atoms with E-state index in [2.05, 4.69) is 43.5 Å². The molecule has 1 aromatic carbocycles. The van der Waals surface area contributed by atoms with Gasteiger partial charge in [-0.15, -0.1) is 0 Å². The molecule has 0 aliphatic carbocycles. The lowest BCUT2D eigenvalue weighted by Gasteiger charge is -1.90. The number of benzene rings is 1. The van der Waals surface area contributed by atoms with Gasteiger partial charge in [0.1, 0.15) is 0 Å². The van der Waals surface area contributed by atoms with Gasteiger partial charge in [-0.05, 0) is 40.8 Å². The highest BCUT2D eigenvalue weighted by Crippen LogP contribution is 2.26. The molecule has 1 heterocycles. The topological polar surface area (TPSA) is 32.9 Å². The Bertz CT molecular complexity index is 478. The van der Waals surface area contributed by atoms with Crippen molar-refractivity contribution in [2.24, 2.45) is 0 Å². The van der Waals surface area contributed by atoms with Crippen LogP contribution in [0.1, 0.15) is 10.5 Å². The van der Waals surface area contributed by atoms with Gasteiger partial charge in [-0.25, -0.2) is 0 Å². The first-order valence-corrected chi connectivity index (χ1v) is 5.51. The number of hydrogen-bond donors (Lipinski definition) is 1. The van der Waals surface area contributed by atoms with E-state index in [0.29, 0.717) is 5.69 Å². The summed E-state index contributed by atoms with van der Waals surface area (Å²) in [6, 6.07) is 5.90. The summed E-state index contributed by atoms with van der Waals surface area (Å²) in [4.78, 5) is 13.7. The third-order valence-electron chi connectivity index (χ3n) is 1.84. The zero-order valence-electron chi connectivity index (χ0n) is 6.47. The second-order valence-electron chi connectivity index (χ2n) is 2.66. The quantitative estimate of drug-likeness (QED) is 0.621. The molecule has 0 atom stereocenters. The van der Waals surface area contributed by atoms with Crippen molar-refractivity contribution in [1.29, 1.82) is 0 Å². The highest BCUT2D eigenvalue weighted by molar-refractivity contribution is 14.1. The summed E-state index contributed by atoms with van der Waals surface area (Å²) in [7, 11) is 0. The highest BCUT2D eigenvalue weighted by atomic mass is 127. The molecule has 0 amide bonds. The Labute approximate surface area is 97.0 Å². The first-order chi connectivity index (χ1) is 6.22.